The lowest BCUT2D eigenvalue weighted by Gasteiger charge is -2.38. The number of rotatable bonds is 4. The van der Waals surface area contributed by atoms with Crippen LogP contribution in [0.5, 0.6) is 5.75 Å². The number of hydrogen-bond acceptors (Lipinski definition) is 2. The van der Waals surface area contributed by atoms with Gasteiger partial charge in [-0.25, -0.2) is 0 Å². The number of nitrogens with zero attached hydrogens (tertiary/aromatic N) is 1. The first-order valence-electron chi connectivity index (χ1n) is 8.60. The summed E-state index contributed by atoms with van der Waals surface area (Å²) in [5.74, 6) is 1.83. The van der Waals surface area contributed by atoms with Gasteiger partial charge in [-0.3, -0.25) is 4.98 Å². The van der Waals surface area contributed by atoms with Crippen molar-refractivity contribution in [2.45, 2.75) is 59.0 Å². The minimum absolute atomic E-state index is 0.356. The maximum absolute atomic E-state index is 6.32. The third-order valence-corrected chi connectivity index (χ3v) is 5.59. The van der Waals surface area contributed by atoms with Crippen LogP contribution < -0.4 is 4.74 Å². The predicted molar refractivity (Wildman–Crippen MR) is 92.2 cm³/mol. The zero-order valence-electron chi connectivity index (χ0n) is 14.0. The lowest BCUT2D eigenvalue weighted by molar-refractivity contribution is 0.0788. The Labute approximate surface area is 133 Å². The maximum Gasteiger partial charge on any atom is 0.130 e. The van der Waals surface area contributed by atoms with E-state index < -0.39 is 0 Å². The van der Waals surface area contributed by atoms with Crippen molar-refractivity contribution < 1.29 is 4.74 Å². The highest BCUT2D eigenvalue weighted by Crippen LogP contribution is 2.41. The molecule has 0 radical (unpaired) electrons. The van der Waals surface area contributed by atoms with E-state index >= 15 is 0 Å². The molecule has 1 aliphatic carbocycles. The number of hydrogen-bond donors (Lipinski definition) is 0. The van der Waals surface area contributed by atoms with Crippen LogP contribution in [0.4, 0.5) is 0 Å². The Morgan fingerprint density at radius 2 is 1.82 bits per heavy atom. The third-order valence-electron chi connectivity index (χ3n) is 5.59. The zero-order valence-corrected chi connectivity index (χ0v) is 14.0. The number of fused-ring (bicyclic) bond motifs is 1. The van der Waals surface area contributed by atoms with E-state index in [0.29, 0.717) is 11.5 Å². The van der Waals surface area contributed by atoms with Crippen LogP contribution in [-0.4, -0.2) is 11.1 Å². The molecule has 0 N–H and O–H groups in total. The van der Waals surface area contributed by atoms with Crippen LogP contribution in [0.1, 0.15) is 52.9 Å². The van der Waals surface area contributed by atoms with Crippen LogP contribution >= 0.6 is 0 Å². The molecule has 0 unspecified atom stereocenters. The van der Waals surface area contributed by atoms with Crippen LogP contribution in [0.15, 0.2) is 36.5 Å². The highest BCUT2D eigenvalue weighted by molar-refractivity contribution is 5.84. The number of ether oxygens (including phenoxy) is 1. The molecular formula is C20H27NO. The molecule has 0 aliphatic heterocycles. The minimum atomic E-state index is 0.356. The zero-order chi connectivity index (χ0) is 15.6. The van der Waals surface area contributed by atoms with Crippen molar-refractivity contribution in [1.82, 2.24) is 4.98 Å². The summed E-state index contributed by atoms with van der Waals surface area (Å²) in [6.45, 7) is 7.14. The number of para-hydroxylation sites is 1. The van der Waals surface area contributed by atoms with E-state index in [1.807, 2.05) is 24.4 Å². The van der Waals surface area contributed by atoms with E-state index in [2.05, 4.69) is 37.9 Å². The Morgan fingerprint density at radius 3 is 2.55 bits per heavy atom. The Kier molecular flexibility index (Phi) is 4.37. The van der Waals surface area contributed by atoms with Gasteiger partial charge in [0.1, 0.15) is 5.75 Å². The SMILES string of the molecule is CCC(C)(C)C1CCC(Oc2ccnc3ccccc23)CC1. The first-order valence-corrected chi connectivity index (χ1v) is 8.60. The monoisotopic (exact) mass is 297 g/mol. The van der Waals surface area contributed by atoms with Crippen molar-refractivity contribution in [2.24, 2.45) is 11.3 Å². The highest BCUT2D eigenvalue weighted by atomic mass is 16.5. The molecule has 1 heterocycles. The van der Waals surface area contributed by atoms with Gasteiger partial charge in [0.25, 0.3) is 0 Å². The molecule has 22 heavy (non-hydrogen) atoms. The molecule has 1 aliphatic rings. The molecular weight excluding hydrogens is 270 g/mol. The van der Waals surface area contributed by atoms with E-state index in [1.54, 1.807) is 0 Å². The van der Waals surface area contributed by atoms with E-state index in [-0.39, 0.29) is 0 Å². The molecule has 0 saturated heterocycles. The van der Waals surface area contributed by atoms with E-state index in [9.17, 15) is 0 Å². The molecule has 1 aromatic heterocycles. The molecule has 2 heteroatoms. The molecule has 1 aromatic carbocycles. The maximum atomic E-state index is 6.32. The van der Waals surface area contributed by atoms with Gasteiger partial charge in [0.15, 0.2) is 0 Å². The van der Waals surface area contributed by atoms with E-state index in [1.165, 1.54) is 32.1 Å². The molecule has 2 nitrogen and oxygen atoms in total. The van der Waals surface area contributed by atoms with Gasteiger partial charge in [0.2, 0.25) is 0 Å². The highest BCUT2D eigenvalue weighted by Gasteiger charge is 2.32. The predicted octanol–water partition coefficient (Wildman–Crippen LogP) is 5.61. The smallest absolute Gasteiger partial charge is 0.130 e. The third kappa shape index (κ3) is 3.11. The molecule has 118 valence electrons. The van der Waals surface area contributed by atoms with Crippen molar-refractivity contribution >= 4 is 10.9 Å². The second kappa shape index (κ2) is 6.28. The summed E-state index contributed by atoms with van der Waals surface area (Å²) in [6, 6.07) is 10.2. The average molecular weight is 297 g/mol. The van der Waals surface area contributed by atoms with Crippen LogP contribution in [0, 0.1) is 11.3 Å². The molecule has 0 spiro atoms. The van der Waals surface area contributed by atoms with Crippen molar-refractivity contribution in [3.05, 3.63) is 36.5 Å². The van der Waals surface area contributed by atoms with Gasteiger partial charge in [-0.2, -0.15) is 0 Å². The summed E-state index contributed by atoms with van der Waals surface area (Å²) in [5, 5.41) is 1.13. The normalized spacial score (nSPS) is 22.7. The quantitative estimate of drug-likeness (QED) is 0.732. The summed E-state index contributed by atoms with van der Waals surface area (Å²) in [5.41, 5.74) is 1.48. The summed E-state index contributed by atoms with van der Waals surface area (Å²) in [4.78, 5) is 4.41. The molecule has 3 rings (SSSR count). The van der Waals surface area contributed by atoms with Crippen molar-refractivity contribution in [2.75, 3.05) is 0 Å². The Morgan fingerprint density at radius 1 is 1.09 bits per heavy atom. The van der Waals surface area contributed by atoms with Crippen LogP contribution in [-0.2, 0) is 0 Å². The van der Waals surface area contributed by atoms with Gasteiger partial charge >= 0.3 is 0 Å². The molecule has 1 saturated carbocycles. The van der Waals surface area contributed by atoms with Gasteiger partial charge < -0.3 is 4.74 Å². The van der Waals surface area contributed by atoms with Gasteiger partial charge in [-0.05, 0) is 55.2 Å². The Bertz CT molecular complexity index is 621. The van der Waals surface area contributed by atoms with Gasteiger partial charge in [-0.1, -0.05) is 39.3 Å². The lowest BCUT2D eigenvalue weighted by atomic mass is 9.69. The van der Waals surface area contributed by atoms with Crippen molar-refractivity contribution in [3.63, 3.8) is 0 Å². The summed E-state index contributed by atoms with van der Waals surface area (Å²) in [6.07, 6.45) is 8.38. The topological polar surface area (TPSA) is 22.1 Å². The minimum Gasteiger partial charge on any atom is -0.490 e. The van der Waals surface area contributed by atoms with Crippen molar-refractivity contribution in [1.29, 1.82) is 0 Å². The largest absolute Gasteiger partial charge is 0.490 e. The number of aromatic nitrogens is 1. The number of benzene rings is 1. The standard InChI is InChI=1S/C20H27NO/c1-4-20(2,3)15-9-11-16(12-10-15)22-19-13-14-21-18-8-6-5-7-17(18)19/h5-8,13-16H,4,9-12H2,1-3H3. The second-order valence-electron chi connectivity index (χ2n) is 7.26. The van der Waals surface area contributed by atoms with Crippen LogP contribution in [0.25, 0.3) is 10.9 Å². The molecule has 0 atom stereocenters. The van der Waals surface area contributed by atoms with E-state index in [4.69, 9.17) is 4.74 Å². The van der Waals surface area contributed by atoms with Crippen LogP contribution in [0.2, 0.25) is 0 Å². The Hall–Kier alpha value is -1.57. The first-order chi connectivity index (χ1) is 10.6. The Balaban J connectivity index is 1.68. The second-order valence-corrected chi connectivity index (χ2v) is 7.26. The first kappa shape index (κ1) is 15.3. The fraction of sp³-hybridized carbons (Fsp3) is 0.550. The lowest BCUT2D eigenvalue weighted by Crippen LogP contribution is -2.31. The number of pyridine rings is 1. The average Bonchev–Trinajstić information content (AvgIpc) is 2.56. The summed E-state index contributed by atoms with van der Waals surface area (Å²) in [7, 11) is 0. The molecule has 1 fully saturated rings. The van der Waals surface area contributed by atoms with E-state index in [0.717, 1.165) is 22.6 Å². The van der Waals surface area contributed by atoms with Crippen molar-refractivity contribution in [3.8, 4) is 5.75 Å². The fourth-order valence-electron chi connectivity index (χ4n) is 3.60. The summed E-state index contributed by atoms with van der Waals surface area (Å²) >= 11 is 0. The summed E-state index contributed by atoms with van der Waals surface area (Å²) < 4.78 is 6.32. The van der Waals surface area contributed by atoms with Gasteiger partial charge in [-0.15, -0.1) is 0 Å². The van der Waals surface area contributed by atoms with Crippen LogP contribution in [0.3, 0.4) is 0 Å². The molecule has 0 bridgehead atoms. The van der Waals surface area contributed by atoms with Gasteiger partial charge in [0, 0.05) is 11.6 Å². The fourth-order valence-corrected chi connectivity index (χ4v) is 3.60. The van der Waals surface area contributed by atoms with Gasteiger partial charge in [0.05, 0.1) is 11.6 Å². The molecule has 2 aromatic rings. The molecule has 0 amide bonds.